The minimum atomic E-state index is -4.36. The first kappa shape index (κ1) is 12.7. The lowest BCUT2D eigenvalue weighted by molar-refractivity contribution is -0.142. The molecule has 0 aliphatic heterocycles. The second kappa shape index (κ2) is 4.83. The second-order valence-electron chi connectivity index (χ2n) is 2.92. The molecular formula is C7H11F3N2O2. The van der Waals surface area contributed by atoms with Gasteiger partial charge < -0.3 is 11.5 Å². The number of carbonyl (C=O) groups is 2. The monoisotopic (exact) mass is 212 g/mol. The van der Waals surface area contributed by atoms with Crippen LogP contribution < -0.4 is 11.5 Å². The highest BCUT2D eigenvalue weighted by atomic mass is 19.4. The summed E-state index contributed by atoms with van der Waals surface area (Å²) in [7, 11) is 0. The van der Waals surface area contributed by atoms with Crippen LogP contribution in [0, 0.1) is 5.92 Å². The predicted molar refractivity (Wildman–Crippen MR) is 41.8 cm³/mol. The van der Waals surface area contributed by atoms with Crippen molar-refractivity contribution < 1.29 is 22.8 Å². The molecule has 1 unspecified atom stereocenters. The van der Waals surface area contributed by atoms with Gasteiger partial charge in [0.05, 0.1) is 0 Å². The van der Waals surface area contributed by atoms with Gasteiger partial charge in [-0.25, -0.2) is 0 Å². The van der Waals surface area contributed by atoms with Crippen molar-refractivity contribution in [2.45, 2.75) is 25.4 Å². The van der Waals surface area contributed by atoms with E-state index in [1.165, 1.54) is 0 Å². The Morgan fingerprint density at radius 2 is 1.71 bits per heavy atom. The molecule has 14 heavy (non-hydrogen) atoms. The Labute approximate surface area is 78.4 Å². The molecule has 1 atom stereocenters. The van der Waals surface area contributed by atoms with Gasteiger partial charge in [0.15, 0.2) is 0 Å². The first-order chi connectivity index (χ1) is 6.22. The van der Waals surface area contributed by atoms with Crippen LogP contribution >= 0.6 is 0 Å². The number of primary amides is 2. The lowest BCUT2D eigenvalue weighted by Crippen LogP contribution is -2.29. The summed E-state index contributed by atoms with van der Waals surface area (Å²) >= 11 is 0. The van der Waals surface area contributed by atoms with E-state index in [-0.39, 0.29) is 0 Å². The van der Waals surface area contributed by atoms with Gasteiger partial charge in [-0.15, -0.1) is 0 Å². The molecule has 0 aliphatic rings. The van der Waals surface area contributed by atoms with Gasteiger partial charge in [-0.2, -0.15) is 13.2 Å². The average molecular weight is 212 g/mol. The fraction of sp³-hybridized carbons (Fsp3) is 0.714. The number of halogens is 3. The molecule has 0 aliphatic carbocycles. The van der Waals surface area contributed by atoms with Crippen molar-refractivity contribution in [3.8, 4) is 0 Å². The van der Waals surface area contributed by atoms with Crippen molar-refractivity contribution in [2.75, 3.05) is 0 Å². The van der Waals surface area contributed by atoms with Crippen LogP contribution in [0.25, 0.3) is 0 Å². The maximum absolute atomic E-state index is 11.7. The Kier molecular flexibility index (Phi) is 4.39. The molecule has 4 nitrogen and oxygen atoms in total. The third kappa shape index (κ3) is 6.27. The Balaban J connectivity index is 4.11. The van der Waals surface area contributed by atoms with Crippen LogP contribution in [0.1, 0.15) is 19.3 Å². The van der Waals surface area contributed by atoms with Crippen molar-refractivity contribution >= 4 is 11.8 Å². The minimum Gasteiger partial charge on any atom is -0.370 e. The molecule has 7 heteroatoms. The van der Waals surface area contributed by atoms with Crippen LogP contribution in [0.2, 0.25) is 0 Å². The molecule has 82 valence electrons. The van der Waals surface area contributed by atoms with E-state index in [1.54, 1.807) is 0 Å². The van der Waals surface area contributed by atoms with Crippen LogP contribution in [0.4, 0.5) is 13.2 Å². The van der Waals surface area contributed by atoms with E-state index in [2.05, 4.69) is 0 Å². The predicted octanol–water partition coefficient (Wildman–Crippen LogP) is 0.306. The number of alkyl halides is 3. The van der Waals surface area contributed by atoms with E-state index >= 15 is 0 Å². The lowest BCUT2D eigenvalue weighted by Gasteiger charge is -2.12. The van der Waals surface area contributed by atoms with Crippen LogP contribution in [0.3, 0.4) is 0 Å². The van der Waals surface area contributed by atoms with Crippen LogP contribution in [0.15, 0.2) is 0 Å². The van der Waals surface area contributed by atoms with E-state index in [9.17, 15) is 22.8 Å². The highest BCUT2D eigenvalue weighted by molar-refractivity contribution is 5.83. The Bertz CT molecular complexity index is 227. The molecule has 0 saturated heterocycles. The van der Waals surface area contributed by atoms with Gasteiger partial charge in [0.1, 0.15) is 0 Å². The van der Waals surface area contributed by atoms with Crippen LogP contribution in [0.5, 0.6) is 0 Å². The summed E-state index contributed by atoms with van der Waals surface area (Å²) in [5.41, 5.74) is 9.54. The van der Waals surface area contributed by atoms with Gasteiger partial charge in [0, 0.05) is 18.8 Å². The first-order valence-corrected chi connectivity index (χ1v) is 3.86. The van der Waals surface area contributed by atoms with Gasteiger partial charge in [-0.3, -0.25) is 9.59 Å². The third-order valence-corrected chi connectivity index (χ3v) is 1.63. The second-order valence-corrected chi connectivity index (χ2v) is 2.92. The molecule has 0 fully saturated rings. The molecule has 0 bridgehead atoms. The molecule has 0 saturated carbocycles. The minimum absolute atomic E-state index is 0.439. The molecule has 4 N–H and O–H groups in total. The smallest absolute Gasteiger partial charge is 0.370 e. The van der Waals surface area contributed by atoms with Crippen LogP contribution in [-0.4, -0.2) is 18.0 Å². The quantitative estimate of drug-likeness (QED) is 0.686. The van der Waals surface area contributed by atoms with E-state index in [0.717, 1.165) is 0 Å². The van der Waals surface area contributed by atoms with Gasteiger partial charge in [-0.1, -0.05) is 0 Å². The van der Waals surface area contributed by atoms with Crippen molar-refractivity contribution in [1.29, 1.82) is 0 Å². The number of carbonyl (C=O) groups excluding carboxylic acids is 2. The fourth-order valence-corrected chi connectivity index (χ4v) is 0.926. The zero-order chi connectivity index (χ0) is 11.4. The normalized spacial score (nSPS) is 13.6. The summed E-state index contributed by atoms with van der Waals surface area (Å²) in [4.78, 5) is 21.0. The van der Waals surface area contributed by atoms with Gasteiger partial charge >= 0.3 is 6.18 Å². The Hall–Kier alpha value is -1.27. The summed E-state index contributed by atoms with van der Waals surface area (Å²) in [5.74, 6) is -2.90. The van der Waals surface area contributed by atoms with E-state index in [4.69, 9.17) is 11.5 Å². The first-order valence-electron chi connectivity index (χ1n) is 3.86. The van der Waals surface area contributed by atoms with Crippen molar-refractivity contribution in [1.82, 2.24) is 0 Å². The SMILES string of the molecule is NC(=O)CC(CCC(F)(F)F)C(N)=O. The summed E-state index contributed by atoms with van der Waals surface area (Å²) in [5, 5.41) is 0. The Morgan fingerprint density at radius 3 is 2.00 bits per heavy atom. The molecule has 0 aromatic rings. The number of rotatable bonds is 5. The summed E-state index contributed by atoms with van der Waals surface area (Å²) < 4.78 is 35.2. The van der Waals surface area contributed by atoms with Crippen molar-refractivity contribution in [3.63, 3.8) is 0 Å². The maximum atomic E-state index is 11.7. The van der Waals surface area contributed by atoms with Crippen molar-refractivity contribution in [2.24, 2.45) is 17.4 Å². The zero-order valence-corrected chi connectivity index (χ0v) is 7.30. The number of nitrogens with two attached hydrogens (primary N) is 2. The maximum Gasteiger partial charge on any atom is 0.389 e. The molecule has 0 radical (unpaired) electrons. The topological polar surface area (TPSA) is 86.2 Å². The molecular weight excluding hydrogens is 201 g/mol. The Morgan fingerprint density at radius 1 is 1.21 bits per heavy atom. The molecule has 0 heterocycles. The van der Waals surface area contributed by atoms with Gasteiger partial charge in [0.25, 0.3) is 0 Å². The lowest BCUT2D eigenvalue weighted by atomic mass is 9.98. The highest BCUT2D eigenvalue weighted by Gasteiger charge is 2.30. The van der Waals surface area contributed by atoms with E-state index in [1.807, 2.05) is 0 Å². The molecule has 0 rings (SSSR count). The average Bonchev–Trinajstić information content (AvgIpc) is 1.94. The third-order valence-electron chi connectivity index (χ3n) is 1.63. The molecule has 2 amide bonds. The number of amides is 2. The summed E-state index contributed by atoms with van der Waals surface area (Å²) in [6.07, 6.45) is -6.44. The van der Waals surface area contributed by atoms with Crippen LogP contribution in [-0.2, 0) is 9.59 Å². The molecule has 0 spiro atoms. The zero-order valence-electron chi connectivity index (χ0n) is 7.30. The van der Waals surface area contributed by atoms with E-state index in [0.29, 0.717) is 0 Å². The summed E-state index contributed by atoms with van der Waals surface area (Å²) in [6.45, 7) is 0. The van der Waals surface area contributed by atoms with Crippen molar-refractivity contribution in [3.05, 3.63) is 0 Å². The van der Waals surface area contributed by atoms with Gasteiger partial charge in [-0.05, 0) is 6.42 Å². The number of hydrogen-bond acceptors (Lipinski definition) is 2. The standard InChI is InChI=1S/C7H11F3N2O2/c8-7(9,10)2-1-4(6(12)14)3-5(11)13/h4H,1-3H2,(H2,11,13)(H2,12,14). The largest absolute Gasteiger partial charge is 0.389 e. The summed E-state index contributed by atoms with van der Waals surface area (Å²) in [6, 6.07) is 0. The number of hydrogen-bond donors (Lipinski definition) is 2. The molecule has 0 aromatic carbocycles. The van der Waals surface area contributed by atoms with Gasteiger partial charge in [0.2, 0.25) is 11.8 Å². The fourth-order valence-electron chi connectivity index (χ4n) is 0.926. The highest BCUT2D eigenvalue weighted by Crippen LogP contribution is 2.25. The molecule has 0 aromatic heterocycles. The van der Waals surface area contributed by atoms with E-state index < -0.39 is 43.2 Å².